The lowest BCUT2D eigenvalue weighted by Crippen LogP contribution is -2.15. The van der Waals surface area contributed by atoms with Gasteiger partial charge in [-0.05, 0) is 23.6 Å². The van der Waals surface area contributed by atoms with Gasteiger partial charge in [0.25, 0.3) is 0 Å². The summed E-state index contributed by atoms with van der Waals surface area (Å²) in [7, 11) is 1.95. The number of fused-ring (bicyclic) bond motifs is 1. The van der Waals surface area contributed by atoms with Gasteiger partial charge >= 0.3 is 0 Å². The lowest BCUT2D eigenvalue weighted by Gasteiger charge is -2.08. The number of nitrogens with zero attached hydrogens (tertiary/aromatic N) is 3. The lowest BCUT2D eigenvalue weighted by atomic mass is 10.2. The average molecular weight is 244 g/mol. The van der Waals surface area contributed by atoms with E-state index >= 15 is 0 Å². The first-order valence-electron chi connectivity index (χ1n) is 5.33. The Labute approximate surface area is 103 Å². The van der Waals surface area contributed by atoms with Crippen LogP contribution in [0.25, 0.3) is 11.2 Å². The van der Waals surface area contributed by atoms with Crippen LogP contribution in [-0.4, -0.2) is 14.5 Å². The summed E-state index contributed by atoms with van der Waals surface area (Å²) in [5.74, 6) is 0.848. The second kappa shape index (κ2) is 3.94. The van der Waals surface area contributed by atoms with Crippen molar-refractivity contribution in [1.29, 1.82) is 0 Å². The van der Waals surface area contributed by atoms with Gasteiger partial charge in [0, 0.05) is 18.1 Å². The molecule has 0 spiro atoms. The van der Waals surface area contributed by atoms with E-state index in [9.17, 15) is 0 Å². The number of aromatic nitrogens is 3. The van der Waals surface area contributed by atoms with Crippen LogP contribution in [0.15, 0.2) is 35.8 Å². The topological polar surface area (TPSA) is 56.7 Å². The zero-order valence-electron chi connectivity index (χ0n) is 9.37. The Bertz CT molecular complexity index is 642. The van der Waals surface area contributed by atoms with Gasteiger partial charge < -0.3 is 10.3 Å². The molecule has 4 nitrogen and oxygen atoms in total. The highest BCUT2D eigenvalue weighted by atomic mass is 32.1. The average Bonchev–Trinajstić information content (AvgIpc) is 2.97. The molecule has 0 bridgehead atoms. The van der Waals surface area contributed by atoms with Crippen LogP contribution in [0.3, 0.4) is 0 Å². The number of hydrogen-bond donors (Lipinski definition) is 1. The van der Waals surface area contributed by atoms with E-state index in [1.165, 1.54) is 0 Å². The molecule has 5 heteroatoms. The number of rotatable bonds is 2. The van der Waals surface area contributed by atoms with Crippen molar-refractivity contribution in [1.82, 2.24) is 14.5 Å². The quantitative estimate of drug-likeness (QED) is 0.751. The number of thiophene rings is 1. The van der Waals surface area contributed by atoms with Gasteiger partial charge in [-0.1, -0.05) is 6.07 Å². The van der Waals surface area contributed by atoms with Gasteiger partial charge in [0.2, 0.25) is 0 Å². The molecule has 0 aliphatic carbocycles. The van der Waals surface area contributed by atoms with Crippen LogP contribution in [0, 0.1) is 0 Å². The second-order valence-corrected chi connectivity index (χ2v) is 4.85. The highest BCUT2D eigenvalue weighted by molar-refractivity contribution is 7.10. The van der Waals surface area contributed by atoms with Crippen molar-refractivity contribution < 1.29 is 0 Å². The van der Waals surface area contributed by atoms with E-state index in [-0.39, 0.29) is 6.04 Å². The van der Waals surface area contributed by atoms with Crippen molar-refractivity contribution in [2.24, 2.45) is 12.8 Å². The zero-order valence-corrected chi connectivity index (χ0v) is 10.2. The van der Waals surface area contributed by atoms with Crippen LogP contribution in [0.2, 0.25) is 0 Å². The maximum atomic E-state index is 6.22. The summed E-state index contributed by atoms with van der Waals surface area (Å²) in [6.45, 7) is 0. The van der Waals surface area contributed by atoms with E-state index in [0.717, 1.165) is 21.9 Å². The Hall–Kier alpha value is -1.72. The van der Waals surface area contributed by atoms with Crippen LogP contribution in [0.4, 0.5) is 0 Å². The molecule has 17 heavy (non-hydrogen) atoms. The first-order chi connectivity index (χ1) is 8.27. The molecule has 3 aromatic heterocycles. The van der Waals surface area contributed by atoms with Crippen molar-refractivity contribution in [3.8, 4) is 0 Å². The molecule has 0 radical (unpaired) electrons. The molecule has 1 atom stereocenters. The van der Waals surface area contributed by atoms with E-state index in [1.54, 1.807) is 17.5 Å². The van der Waals surface area contributed by atoms with Crippen LogP contribution in [-0.2, 0) is 7.05 Å². The molecule has 0 amide bonds. The Morgan fingerprint density at radius 1 is 1.35 bits per heavy atom. The van der Waals surface area contributed by atoms with Crippen LogP contribution < -0.4 is 5.73 Å². The van der Waals surface area contributed by atoms with E-state index in [2.05, 4.69) is 9.97 Å². The third-order valence-corrected chi connectivity index (χ3v) is 3.75. The van der Waals surface area contributed by atoms with E-state index in [1.807, 2.05) is 41.3 Å². The molecular formula is C12H12N4S. The number of pyridine rings is 1. The van der Waals surface area contributed by atoms with Gasteiger partial charge in [-0.3, -0.25) is 0 Å². The van der Waals surface area contributed by atoms with Gasteiger partial charge in [-0.2, -0.15) is 0 Å². The maximum Gasteiger partial charge on any atom is 0.159 e. The van der Waals surface area contributed by atoms with Gasteiger partial charge in [-0.15, -0.1) is 11.3 Å². The van der Waals surface area contributed by atoms with E-state index in [4.69, 9.17) is 5.73 Å². The fourth-order valence-corrected chi connectivity index (χ4v) is 2.64. The molecule has 86 valence electrons. The summed E-state index contributed by atoms with van der Waals surface area (Å²) in [5, 5.41) is 2.02. The number of imidazole rings is 1. The van der Waals surface area contributed by atoms with Crippen LogP contribution in [0.5, 0.6) is 0 Å². The maximum absolute atomic E-state index is 6.22. The predicted molar refractivity (Wildman–Crippen MR) is 68.9 cm³/mol. The van der Waals surface area contributed by atoms with Crippen LogP contribution in [0.1, 0.15) is 16.7 Å². The minimum atomic E-state index is -0.186. The molecule has 0 fully saturated rings. The van der Waals surface area contributed by atoms with Crippen LogP contribution >= 0.6 is 11.3 Å². The van der Waals surface area contributed by atoms with Crippen molar-refractivity contribution in [3.63, 3.8) is 0 Å². The molecule has 0 aliphatic heterocycles. The third-order valence-electron chi connectivity index (χ3n) is 2.79. The Kier molecular flexibility index (Phi) is 2.42. The molecule has 3 heterocycles. The van der Waals surface area contributed by atoms with Crippen molar-refractivity contribution >= 4 is 22.5 Å². The molecule has 0 saturated heterocycles. The second-order valence-electron chi connectivity index (χ2n) is 3.87. The number of hydrogen-bond acceptors (Lipinski definition) is 4. The summed E-state index contributed by atoms with van der Waals surface area (Å²) in [6.07, 6.45) is 1.77. The monoisotopic (exact) mass is 244 g/mol. The van der Waals surface area contributed by atoms with Crippen molar-refractivity contribution in [2.75, 3.05) is 0 Å². The van der Waals surface area contributed by atoms with Crippen molar-refractivity contribution in [3.05, 3.63) is 46.5 Å². The van der Waals surface area contributed by atoms with Crippen molar-refractivity contribution in [2.45, 2.75) is 6.04 Å². The summed E-state index contributed by atoms with van der Waals surface area (Å²) in [6, 6.07) is 7.68. The standard InChI is InChI=1S/C12H12N4S/c1-16-11-8(4-2-6-14-11)15-12(16)10(13)9-5-3-7-17-9/h2-7,10H,13H2,1H3. The Morgan fingerprint density at radius 2 is 2.24 bits per heavy atom. The first kappa shape index (κ1) is 10.4. The minimum absolute atomic E-state index is 0.186. The highest BCUT2D eigenvalue weighted by Crippen LogP contribution is 2.24. The fraction of sp³-hybridized carbons (Fsp3) is 0.167. The number of aryl methyl sites for hydroxylation is 1. The Balaban J connectivity index is 2.15. The molecule has 1 unspecified atom stereocenters. The smallest absolute Gasteiger partial charge is 0.159 e. The van der Waals surface area contributed by atoms with Gasteiger partial charge in [0.15, 0.2) is 5.65 Å². The van der Waals surface area contributed by atoms with Gasteiger partial charge in [0.1, 0.15) is 11.3 Å². The summed E-state index contributed by atoms with van der Waals surface area (Å²) in [4.78, 5) is 9.98. The lowest BCUT2D eigenvalue weighted by molar-refractivity contribution is 0.734. The predicted octanol–water partition coefficient (Wildman–Crippen LogP) is 2.08. The van der Waals surface area contributed by atoms with E-state index in [0.29, 0.717) is 0 Å². The third kappa shape index (κ3) is 1.64. The zero-order chi connectivity index (χ0) is 11.8. The minimum Gasteiger partial charge on any atom is -0.317 e. The molecule has 3 aromatic rings. The Morgan fingerprint density at radius 3 is 2.94 bits per heavy atom. The molecule has 0 aromatic carbocycles. The SMILES string of the molecule is Cn1c(C(N)c2cccs2)nc2cccnc21. The molecule has 3 rings (SSSR count). The fourth-order valence-electron chi connectivity index (χ4n) is 1.91. The van der Waals surface area contributed by atoms with Gasteiger partial charge in [-0.25, -0.2) is 9.97 Å². The molecule has 0 aliphatic rings. The van der Waals surface area contributed by atoms with E-state index < -0.39 is 0 Å². The largest absolute Gasteiger partial charge is 0.317 e. The summed E-state index contributed by atoms with van der Waals surface area (Å²) in [5.41, 5.74) is 7.98. The summed E-state index contributed by atoms with van der Waals surface area (Å²) >= 11 is 1.65. The summed E-state index contributed by atoms with van der Waals surface area (Å²) < 4.78 is 1.96. The highest BCUT2D eigenvalue weighted by Gasteiger charge is 2.17. The number of nitrogens with two attached hydrogens (primary N) is 1. The molecule has 0 saturated carbocycles. The normalized spacial score (nSPS) is 13.1. The molecule has 2 N–H and O–H groups in total. The first-order valence-corrected chi connectivity index (χ1v) is 6.21. The molecular weight excluding hydrogens is 232 g/mol. The van der Waals surface area contributed by atoms with Gasteiger partial charge in [0.05, 0.1) is 6.04 Å².